The Bertz CT molecular complexity index is 215. The minimum atomic E-state index is 0.239. The van der Waals surface area contributed by atoms with E-state index in [0.717, 1.165) is 26.1 Å². The molecule has 2 amide bonds. The van der Waals surface area contributed by atoms with Gasteiger partial charge >= 0.3 is 6.03 Å². The number of rotatable bonds is 4. The lowest BCUT2D eigenvalue weighted by molar-refractivity contribution is 0.149. The average Bonchev–Trinajstić information content (AvgIpc) is 2.43. The molecule has 0 atom stereocenters. The smallest absolute Gasteiger partial charge is 0.320 e. The van der Waals surface area contributed by atoms with Crippen LogP contribution in [0.2, 0.25) is 0 Å². The summed E-state index contributed by atoms with van der Waals surface area (Å²) >= 11 is 0. The summed E-state index contributed by atoms with van der Waals surface area (Å²) in [6.07, 6.45) is 4.62. The summed E-state index contributed by atoms with van der Waals surface area (Å²) in [5.74, 6) is 0. The van der Waals surface area contributed by atoms with Crippen LogP contribution in [-0.2, 0) is 0 Å². The monoisotopic (exact) mass is 197 g/mol. The predicted octanol–water partition coefficient (Wildman–Crippen LogP) is 0.625. The van der Waals surface area contributed by atoms with Crippen molar-refractivity contribution in [2.24, 2.45) is 5.73 Å². The molecular formula is C10H19N3O. The fourth-order valence-electron chi connectivity index (χ4n) is 2.13. The van der Waals surface area contributed by atoms with Crippen LogP contribution in [0.15, 0.2) is 0 Å². The largest absolute Gasteiger partial charge is 0.330 e. The van der Waals surface area contributed by atoms with Gasteiger partial charge < -0.3 is 15.5 Å². The number of carbonyl (C=O) groups is 1. The Kier molecular flexibility index (Phi) is 2.91. The highest BCUT2D eigenvalue weighted by Gasteiger charge is 2.35. The molecule has 1 saturated heterocycles. The Labute approximate surface area is 85.0 Å². The van der Waals surface area contributed by atoms with E-state index in [1.807, 2.05) is 9.80 Å². The molecule has 0 aromatic rings. The minimum absolute atomic E-state index is 0.239. The van der Waals surface area contributed by atoms with Gasteiger partial charge in [0.05, 0.1) is 0 Å². The molecule has 2 rings (SSSR count). The third-order valence-electron chi connectivity index (χ3n) is 3.27. The molecule has 2 aliphatic rings. The standard InChI is InChI=1S/C10H19N3O/c11-5-2-6-12-7-8-13(10(12)14)9-3-1-4-9/h9H,1-8,11H2. The molecule has 4 heteroatoms. The van der Waals surface area contributed by atoms with E-state index >= 15 is 0 Å². The summed E-state index contributed by atoms with van der Waals surface area (Å²) in [5, 5.41) is 0. The molecule has 0 unspecified atom stereocenters. The van der Waals surface area contributed by atoms with E-state index in [1.165, 1.54) is 19.3 Å². The molecule has 2 N–H and O–H groups in total. The van der Waals surface area contributed by atoms with Crippen molar-refractivity contribution in [2.75, 3.05) is 26.2 Å². The fraction of sp³-hybridized carbons (Fsp3) is 0.900. The SMILES string of the molecule is NCCCN1CCN(C2CCC2)C1=O. The number of nitrogens with two attached hydrogens (primary N) is 1. The second kappa shape index (κ2) is 4.17. The van der Waals surface area contributed by atoms with Crippen LogP contribution in [0.1, 0.15) is 25.7 Å². The minimum Gasteiger partial charge on any atom is -0.330 e. The lowest BCUT2D eigenvalue weighted by Crippen LogP contribution is -2.43. The first-order valence-corrected chi connectivity index (χ1v) is 5.58. The number of urea groups is 1. The van der Waals surface area contributed by atoms with Gasteiger partial charge in [-0.25, -0.2) is 4.79 Å². The van der Waals surface area contributed by atoms with Gasteiger partial charge in [0, 0.05) is 25.7 Å². The summed E-state index contributed by atoms with van der Waals surface area (Å²) in [6.45, 7) is 3.33. The molecule has 1 aliphatic heterocycles. The Balaban J connectivity index is 1.83. The van der Waals surface area contributed by atoms with E-state index in [0.29, 0.717) is 12.6 Å². The molecular weight excluding hydrogens is 178 g/mol. The highest BCUT2D eigenvalue weighted by Crippen LogP contribution is 2.27. The quantitative estimate of drug-likeness (QED) is 0.718. The summed E-state index contributed by atoms with van der Waals surface area (Å²) in [6, 6.07) is 0.786. The molecule has 0 aromatic carbocycles. The Morgan fingerprint density at radius 1 is 1.36 bits per heavy atom. The van der Waals surface area contributed by atoms with Crippen molar-refractivity contribution in [1.82, 2.24) is 9.80 Å². The van der Waals surface area contributed by atoms with Crippen LogP contribution in [0.3, 0.4) is 0 Å². The maximum Gasteiger partial charge on any atom is 0.320 e. The predicted molar refractivity (Wildman–Crippen MR) is 55.0 cm³/mol. The highest BCUT2D eigenvalue weighted by molar-refractivity contribution is 5.77. The first-order chi connectivity index (χ1) is 6.83. The third kappa shape index (κ3) is 1.71. The molecule has 0 aromatic heterocycles. The van der Waals surface area contributed by atoms with Crippen LogP contribution in [-0.4, -0.2) is 48.1 Å². The second-order valence-electron chi connectivity index (χ2n) is 4.19. The zero-order chi connectivity index (χ0) is 9.97. The molecule has 0 radical (unpaired) electrons. The topological polar surface area (TPSA) is 49.6 Å². The van der Waals surface area contributed by atoms with Crippen molar-refractivity contribution in [2.45, 2.75) is 31.7 Å². The Hall–Kier alpha value is -0.770. The number of hydrogen-bond donors (Lipinski definition) is 1. The highest BCUT2D eigenvalue weighted by atomic mass is 16.2. The number of amides is 2. The Morgan fingerprint density at radius 2 is 2.14 bits per heavy atom. The van der Waals surface area contributed by atoms with Gasteiger partial charge in [-0.1, -0.05) is 0 Å². The van der Waals surface area contributed by atoms with Crippen LogP contribution in [0.4, 0.5) is 4.79 Å². The van der Waals surface area contributed by atoms with Gasteiger partial charge in [0.25, 0.3) is 0 Å². The summed E-state index contributed by atoms with van der Waals surface area (Å²) in [5.41, 5.74) is 5.43. The van der Waals surface area contributed by atoms with E-state index in [9.17, 15) is 4.79 Å². The molecule has 0 spiro atoms. The van der Waals surface area contributed by atoms with Gasteiger partial charge in [-0.05, 0) is 32.2 Å². The maximum atomic E-state index is 11.9. The van der Waals surface area contributed by atoms with Crippen LogP contribution in [0.5, 0.6) is 0 Å². The summed E-state index contributed by atoms with van der Waals surface area (Å²) < 4.78 is 0. The van der Waals surface area contributed by atoms with Crippen molar-refractivity contribution in [3.63, 3.8) is 0 Å². The summed E-state index contributed by atoms with van der Waals surface area (Å²) in [4.78, 5) is 15.8. The second-order valence-corrected chi connectivity index (χ2v) is 4.19. The van der Waals surface area contributed by atoms with Gasteiger partial charge in [0.2, 0.25) is 0 Å². The fourth-order valence-corrected chi connectivity index (χ4v) is 2.13. The van der Waals surface area contributed by atoms with Gasteiger partial charge in [-0.3, -0.25) is 0 Å². The molecule has 1 aliphatic carbocycles. The van der Waals surface area contributed by atoms with Crippen molar-refractivity contribution in [1.29, 1.82) is 0 Å². The van der Waals surface area contributed by atoms with Crippen LogP contribution >= 0.6 is 0 Å². The molecule has 80 valence electrons. The van der Waals surface area contributed by atoms with Gasteiger partial charge in [-0.2, -0.15) is 0 Å². The summed E-state index contributed by atoms with van der Waals surface area (Å²) in [7, 11) is 0. The third-order valence-corrected chi connectivity index (χ3v) is 3.27. The van der Waals surface area contributed by atoms with Gasteiger partial charge in [0.1, 0.15) is 0 Å². The lowest BCUT2D eigenvalue weighted by Gasteiger charge is -2.34. The Morgan fingerprint density at radius 3 is 2.71 bits per heavy atom. The molecule has 1 heterocycles. The van der Waals surface area contributed by atoms with E-state index in [-0.39, 0.29) is 6.03 Å². The van der Waals surface area contributed by atoms with E-state index in [2.05, 4.69) is 0 Å². The van der Waals surface area contributed by atoms with E-state index in [4.69, 9.17) is 5.73 Å². The van der Waals surface area contributed by atoms with Gasteiger partial charge in [-0.15, -0.1) is 0 Å². The zero-order valence-electron chi connectivity index (χ0n) is 8.61. The molecule has 4 nitrogen and oxygen atoms in total. The number of nitrogens with zero attached hydrogens (tertiary/aromatic N) is 2. The van der Waals surface area contributed by atoms with E-state index in [1.54, 1.807) is 0 Å². The average molecular weight is 197 g/mol. The van der Waals surface area contributed by atoms with Crippen molar-refractivity contribution in [3.05, 3.63) is 0 Å². The van der Waals surface area contributed by atoms with Crippen molar-refractivity contribution in [3.8, 4) is 0 Å². The molecule has 14 heavy (non-hydrogen) atoms. The molecule has 0 bridgehead atoms. The maximum absolute atomic E-state index is 11.9. The van der Waals surface area contributed by atoms with E-state index < -0.39 is 0 Å². The van der Waals surface area contributed by atoms with Crippen molar-refractivity contribution >= 4 is 6.03 Å². The number of carbonyl (C=O) groups excluding carboxylic acids is 1. The zero-order valence-corrected chi connectivity index (χ0v) is 8.61. The van der Waals surface area contributed by atoms with Gasteiger partial charge in [0.15, 0.2) is 0 Å². The first-order valence-electron chi connectivity index (χ1n) is 5.58. The molecule has 2 fully saturated rings. The lowest BCUT2D eigenvalue weighted by atomic mass is 9.92. The van der Waals surface area contributed by atoms with Crippen molar-refractivity contribution < 1.29 is 4.79 Å². The van der Waals surface area contributed by atoms with Crippen LogP contribution < -0.4 is 5.73 Å². The molecule has 1 saturated carbocycles. The first kappa shape index (κ1) is 9.77. The van der Waals surface area contributed by atoms with Crippen LogP contribution in [0, 0.1) is 0 Å². The normalized spacial score (nSPS) is 23.1. The number of hydrogen-bond acceptors (Lipinski definition) is 2. The van der Waals surface area contributed by atoms with Crippen LogP contribution in [0.25, 0.3) is 0 Å².